The van der Waals surface area contributed by atoms with Crippen molar-refractivity contribution in [2.24, 2.45) is 11.7 Å². The van der Waals surface area contributed by atoms with Crippen molar-refractivity contribution in [2.45, 2.75) is 25.8 Å². The maximum absolute atomic E-state index is 12.5. The Balaban J connectivity index is 2.19. The van der Waals surface area contributed by atoms with E-state index in [9.17, 15) is 4.79 Å². The molecule has 1 aliphatic heterocycles. The van der Waals surface area contributed by atoms with Crippen LogP contribution in [0.4, 0.5) is 0 Å². The number of likely N-dealkylation sites (tertiary alicyclic amines) is 1. The molecule has 1 heterocycles. The average molecular weight is 301 g/mol. The monoisotopic (exact) mass is 300 g/mol. The second-order valence-corrected chi connectivity index (χ2v) is 5.93. The Morgan fingerprint density at radius 2 is 2.11 bits per heavy atom. The zero-order valence-electron chi connectivity index (χ0n) is 10.9. The molecule has 2 rings (SSSR count). The Kier molecular flexibility index (Phi) is 4.71. The summed E-state index contributed by atoms with van der Waals surface area (Å²) in [6.45, 7) is 3.41. The van der Waals surface area contributed by atoms with E-state index in [0.29, 0.717) is 28.1 Å². The lowest BCUT2D eigenvalue weighted by atomic mass is 9.93. The highest BCUT2D eigenvalue weighted by Crippen LogP contribution is 2.26. The van der Waals surface area contributed by atoms with Crippen LogP contribution in [0.5, 0.6) is 0 Å². The largest absolute Gasteiger partial charge is 0.336 e. The molecule has 5 heteroatoms. The fraction of sp³-hybridized carbons (Fsp3) is 0.500. The van der Waals surface area contributed by atoms with Gasteiger partial charge in [-0.15, -0.1) is 0 Å². The molecule has 104 valence electrons. The first kappa shape index (κ1) is 14.6. The number of carbonyl (C=O) groups is 1. The number of piperidine rings is 1. The molecule has 1 aromatic rings. The predicted octanol–water partition coefficient (Wildman–Crippen LogP) is 3.19. The average Bonchev–Trinajstić information content (AvgIpc) is 2.41. The molecule has 2 atom stereocenters. The molecule has 19 heavy (non-hydrogen) atoms. The number of nitrogens with zero attached hydrogens (tertiary/aromatic N) is 1. The number of hydrogen-bond donors (Lipinski definition) is 1. The molecule has 2 N–H and O–H groups in total. The number of hydrogen-bond acceptors (Lipinski definition) is 2. The third kappa shape index (κ3) is 3.22. The lowest BCUT2D eigenvalue weighted by Gasteiger charge is -2.37. The Morgan fingerprint density at radius 1 is 1.37 bits per heavy atom. The van der Waals surface area contributed by atoms with E-state index in [4.69, 9.17) is 28.9 Å². The van der Waals surface area contributed by atoms with Crippen LogP contribution in [-0.4, -0.2) is 29.9 Å². The zero-order chi connectivity index (χ0) is 14.0. The topological polar surface area (TPSA) is 46.3 Å². The Hall–Kier alpha value is -0.770. The maximum atomic E-state index is 12.5. The van der Waals surface area contributed by atoms with Gasteiger partial charge in [0.05, 0.1) is 10.0 Å². The highest BCUT2D eigenvalue weighted by molar-refractivity contribution is 6.42. The Morgan fingerprint density at radius 3 is 2.74 bits per heavy atom. The summed E-state index contributed by atoms with van der Waals surface area (Å²) in [6, 6.07) is 5.25. The van der Waals surface area contributed by atoms with Gasteiger partial charge in [-0.1, -0.05) is 23.2 Å². The summed E-state index contributed by atoms with van der Waals surface area (Å²) in [6.07, 6.45) is 2.08. The van der Waals surface area contributed by atoms with Gasteiger partial charge in [0.1, 0.15) is 0 Å². The molecular weight excluding hydrogens is 283 g/mol. The highest BCUT2D eigenvalue weighted by Gasteiger charge is 2.29. The number of rotatable bonds is 2. The van der Waals surface area contributed by atoms with Crippen LogP contribution in [0, 0.1) is 5.92 Å². The quantitative estimate of drug-likeness (QED) is 0.912. The summed E-state index contributed by atoms with van der Waals surface area (Å²) in [5.41, 5.74) is 6.30. The molecule has 0 aromatic heterocycles. The summed E-state index contributed by atoms with van der Waals surface area (Å²) in [5.74, 6) is 0.395. The lowest BCUT2D eigenvalue weighted by molar-refractivity contribution is 0.0567. The van der Waals surface area contributed by atoms with E-state index in [1.807, 2.05) is 4.90 Å². The van der Waals surface area contributed by atoms with E-state index in [1.54, 1.807) is 18.2 Å². The molecule has 2 unspecified atom stereocenters. The van der Waals surface area contributed by atoms with Crippen LogP contribution >= 0.6 is 23.2 Å². The first-order valence-corrected chi connectivity index (χ1v) is 7.24. The van der Waals surface area contributed by atoms with E-state index in [2.05, 4.69) is 6.92 Å². The first-order valence-electron chi connectivity index (χ1n) is 6.49. The molecule has 0 spiro atoms. The Bertz CT molecular complexity index is 479. The molecule has 1 aromatic carbocycles. The molecule has 3 nitrogen and oxygen atoms in total. The van der Waals surface area contributed by atoms with Gasteiger partial charge in [-0.2, -0.15) is 0 Å². The normalized spacial score (nSPS) is 23.5. The lowest BCUT2D eigenvalue weighted by Crippen LogP contribution is -2.47. The van der Waals surface area contributed by atoms with E-state index in [-0.39, 0.29) is 11.9 Å². The molecule has 1 amide bonds. The summed E-state index contributed by atoms with van der Waals surface area (Å²) < 4.78 is 0. The molecule has 0 saturated carbocycles. The summed E-state index contributed by atoms with van der Waals surface area (Å²) in [5, 5.41) is 0.872. The van der Waals surface area contributed by atoms with Gasteiger partial charge >= 0.3 is 0 Å². The highest BCUT2D eigenvalue weighted by atomic mass is 35.5. The summed E-state index contributed by atoms with van der Waals surface area (Å²) in [4.78, 5) is 14.4. The van der Waals surface area contributed by atoms with Crippen molar-refractivity contribution >= 4 is 29.1 Å². The molecule has 1 fully saturated rings. The molecule has 0 bridgehead atoms. The van der Waals surface area contributed by atoms with Gasteiger partial charge in [0.15, 0.2) is 0 Å². The number of benzene rings is 1. The van der Waals surface area contributed by atoms with Crippen LogP contribution in [0.2, 0.25) is 10.0 Å². The molecular formula is C14H18Cl2N2O. The third-order valence-electron chi connectivity index (χ3n) is 3.74. The molecule has 0 aliphatic carbocycles. The zero-order valence-corrected chi connectivity index (χ0v) is 12.4. The number of carbonyl (C=O) groups excluding carboxylic acids is 1. The van der Waals surface area contributed by atoms with Crippen molar-refractivity contribution < 1.29 is 4.79 Å². The van der Waals surface area contributed by atoms with Gasteiger partial charge in [0, 0.05) is 18.2 Å². The van der Waals surface area contributed by atoms with Gasteiger partial charge in [0.25, 0.3) is 5.91 Å². The van der Waals surface area contributed by atoms with Crippen LogP contribution in [0.1, 0.15) is 30.1 Å². The van der Waals surface area contributed by atoms with Gasteiger partial charge < -0.3 is 10.6 Å². The van der Waals surface area contributed by atoms with Crippen molar-refractivity contribution in [3.05, 3.63) is 33.8 Å². The standard InChI is InChI=1S/C14H18Cl2N2O/c1-9-2-3-10(7-17)8-18(9)14(19)11-4-5-12(15)13(16)6-11/h4-6,9-10H,2-3,7-8,17H2,1H3. The van der Waals surface area contributed by atoms with Crippen LogP contribution in [-0.2, 0) is 0 Å². The number of halogens is 2. The van der Waals surface area contributed by atoms with Crippen LogP contribution < -0.4 is 5.73 Å². The van der Waals surface area contributed by atoms with Crippen LogP contribution in [0.15, 0.2) is 18.2 Å². The van der Waals surface area contributed by atoms with Crippen molar-refractivity contribution in [1.82, 2.24) is 4.90 Å². The number of amides is 1. The number of nitrogens with two attached hydrogens (primary N) is 1. The van der Waals surface area contributed by atoms with Crippen molar-refractivity contribution in [1.29, 1.82) is 0 Å². The molecule has 1 saturated heterocycles. The summed E-state index contributed by atoms with van der Waals surface area (Å²) in [7, 11) is 0. The van der Waals surface area contributed by atoms with Gasteiger partial charge in [-0.3, -0.25) is 4.79 Å². The van der Waals surface area contributed by atoms with Crippen LogP contribution in [0.3, 0.4) is 0 Å². The molecule has 0 radical (unpaired) electrons. The van der Waals surface area contributed by atoms with Gasteiger partial charge in [-0.25, -0.2) is 0 Å². The van der Waals surface area contributed by atoms with Crippen LogP contribution in [0.25, 0.3) is 0 Å². The fourth-order valence-electron chi connectivity index (χ4n) is 2.45. The minimum Gasteiger partial charge on any atom is -0.336 e. The van der Waals surface area contributed by atoms with Crippen molar-refractivity contribution in [3.8, 4) is 0 Å². The minimum absolute atomic E-state index is 0.00390. The van der Waals surface area contributed by atoms with E-state index in [0.717, 1.165) is 19.4 Å². The van der Waals surface area contributed by atoms with E-state index >= 15 is 0 Å². The maximum Gasteiger partial charge on any atom is 0.254 e. The fourth-order valence-corrected chi connectivity index (χ4v) is 2.75. The van der Waals surface area contributed by atoms with E-state index < -0.39 is 0 Å². The van der Waals surface area contributed by atoms with E-state index in [1.165, 1.54) is 0 Å². The molecule has 1 aliphatic rings. The van der Waals surface area contributed by atoms with Crippen molar-refractivity contribution in [2.75, 3.05) is 13.1 Å². The van der Waals surface area contributed by atoms with Gasteiger partial charge in [0.2, 0.25) is 0 Å². The first-order chi connectivity index (χ1) is 9.02. The smallest absolute Gasteiger partial charge is 0.254 e. The third-order valence-corrected chi connectivity index (χ3v) is 4.48. The SMILES string of the molecule is CC1CCC(CN)CN1C(=O)c1ccc(Cl)c(Cl)c1. The predicted molar refractivity (Wildman–Crippen MR) is 78.7 cm³/mol. The Labute approximate surface area is 123 Å². The second kappa shape index (κ2) is 6.12. The van der Waals surface area contributed by atoms with Crippen molar-refractivity contribution in [3.63, 3.8) is 0 Å². The minimum atomic E-state index is 0.00390. The van der Waals surface area contributed by atoms with Gasteiger partial charge in [-0.05, 0) is 50.4 Å². The second-order valence-electron chi connectivity index (χ2n) is 5.11. The summed E-state index contributed by atoms with van der Waals surface area (Å²) >= 11 is 11.8.